The van der Waals surface area contributed by atoms with Gasteiger partial charge in [-0.1, -0.05) is 36.4 Å². The van der Waals surface area contributed by atoms with E-state index in [9.17, 15) is 4.21 Å². The van der Waals surface area contributed by atoms with Crippen LogP contribution in [0.25, 0.3) is 0 Å². The Balaban J connectivity index is 1.95. The average molecular weight is 285 g/mol. The summed E-state index contributed by atoms with van der Waals surface area (Å²) >= 11 is 0. The van der Waals surface area contributed by atoms with E-state index in [0.29, 0.717) is 17.1 Å². The smallest absolute Gasteiger partial charge is 0.0991 e. The second kappa shape index (κ2) is 6.99. The van der Waals surface area contributed by atoms with Crippen molar-refractivity contribution in [2.45, 2.75) is 18.1 Å². The Morgan fingerprint density at radius 1 is 0.900 bits per heavy atom. The van der Waals surface area contributed by atoms with Crippen LogP contribution in [-0.4, -0.2) is 9.32 Å². The Hall–Kier alpha value is -1.96. The zero-order chi connectivity index (χ0) is 14.4. The molecule has 0 bridgehead atoms. The number of hydrogen-bond acceptors (Lipinski definition) is 3. The number of nitrogens with zero attached hydrogens (tertiary/aromatic N) is 1. The molecule has 0 radical (unpaired) electrons. The fourth-order valence-corrected chi connectivity index (χ4v) is 3.07. The Bertz CT molecular complexity index is 627. The molecule has 4 heteroatoms. The number of rotatable bonds is 5. The van der Waals surface area contributed by atoms with Gasteiger partial charge in [0.1, 0.15) is 0 Å². The lowest BCUT2D eigenvalue weighted by Gasteiger charge is -2.04. The summed E-state index contributed by atoms with van der Waals surface area (Å²) in [5.74, 6) is 0.971. The van der Waals surface area contributed by atoms with Crippen LogP contribution in [0.1, 0.15) is 22.3 Å². The first kappa shape index (κ1) is 14.4. The Labute approximate surface area is 121 Å². The van der Waals surface area contributed by atoms with Crippen molar-refractivity contribution in [3.05, 3.63) is 70.8 Å². The maximum atomic E-state index is 12.1. The molecule has 1 N–H and O–H groups in total. The molecule has 0 aliphatic heterocycles. The highest BCUT2D eigenvalue weighted by Gasteiger charge is 2.04. The van der Waals surface area contributed by atoms with Crippen LogP contribution in [0.5, 0.6) is 0 Å². The van der Waals surface area contributed by atoms with Gasteiger partial charge in [0.15, 0.2) is 0 Å². The maximum absolute atomic E-state index is 12.1. The number of aliphatic hydroxyl groups excluding tert-OH is 1. The number of hydrogen-bond donors (Lipinski definition) is 1. The molecule has 0 amide bonds. The van der Waals surface area contributed by atoms with Crippen molar-refractivity contribution in [1.29, 1.82) is 5.26 Å². The second-order valence-electron chi connectivity index (χ2n) is 4.51. The van der Waals surface area contributed by atoms with E-state index in [1.807, 2.05) is 36.4 Å². The second-order valence-corrected chi connectivity index (χ2v) is 5.97. The molecule has 1 atom stereocenters. The van der Waals surface area contributed by atoms with Gasteiger partial charge in [-0.25, -0.2) is 0 Å². The van der Waals surface area contributed by atoms with Gasteiger partial charge in [0.2, 0.25) is 0 Å². The molecule has 0 saturated heterocycles. The summed E-state index contributed by atoms with van der Waals surface area (Å²) in [4.78, 5) is 0. The summed E-state index contributed by atoms with van der Waals surface area (Å²) < 4.78 is 12.1. The van der Waals surface area contributed by atoms with Crippen LogP contribution in [-0.2, 0) is 28.9 Å². The van der Waals surface area contributed by atoms with E-state index in [1.54, 1.807) is 12.1 Å². The van der Waals surface area contributed by atoms with Crippen molar-refractivity contribution >= 4 is 10.8 Å². The van der Waals surface area contributed by atoms with Gasteiger partial charge in [-0.3, -0.25) is 4.21 Å². The molecule has 2 aromatic rings. The maximum Gasteiger partial charge on any atom is 0.0991 e. The van der Waals surface area contributed by atoms with Crippen molar-refractivity contribution in [2.24, 2.45) is 0 Å². The molecule has 0 spiro atoms. The van der Waals surface area contributed by atoms with Crippen molar-refractivity contribution in [3.8, 4) is 6.07 Å². The van der Waals surface area contributed by atoms with E-state index < -0.39 is 10.8 Å². The van der Waals surface area contributed by atoms with Crippen LogP contribution in [0.4, 0.5) is 0 Å². The summed E-state index contributed by atoms with van der Waals surface area (Å²) in [6.45, 7) is 0.0224. The fourth-order valence-electron chi connectivity index (χ4n) is 1.84. The Morgan fingerprint density at radius 2 is 1.35 bits per heavy atom. The Morgan fingerprint density at radius 3 is 1.80 bits per heavy atom. The minimum atomic E-state index is -0.985. The molecular formula is C16H15NO2S. The Kier molecular flexibility index (Phi) is 5.05. The number of aliphatic hydroxyl groups is 1. The van der Waals surface area contributed by atoms with Crippen molar-refractivity contribution < 1.29 is 9.32 Å². The van der Waals surface area contributed by atoms with Gasteiger partial charge in [-0.05, 0) is 28.8 Å². The zero-order valence-corrected chi connectivity index (χ0v) is 11.8. The fraction of sp³-hybridized carbons (Fsp3) is 0.188. The van der Waals surface area contributed by atoms with E-state index >= 15 is 0 Å². The summed E-state index contributed by atoms with van der Waals surface area (Å²) in [5.41, 5.74) is 3.43. The molecular weight excluding hydrogens is 270 g/mol. The van der Waals surface area contributed by atoms with E-state index in [1.165, 1.54) is 0 Å². The van der Waals surface area contributed by atoms with Crippen LogP contribution in [0.15, 0.2) is 48.5 Å². The molecule has 0 aliphatic carbocycles. The molecule has 1 unspecified atom stereocenters. The molecule has 3 nitrogen and oxygen atoms in total. The minimum Gasteiger partial charge on any atom is -0.392 e. The largest absolute Gasteiger partial charge is 0.392 e. The lowest BCUT2D eigenvalue weighted by atomic mass is 10.2. The van der Waals surface area contributed by atoms with Gasteiger partial charge in [-0.15, -0.1) is 0 Å². The van der Waals surface area contributed by atoms with Gasteiger partial charge in [-0.2, -0.15) is 5.26 Å². The van der Waals surface area contributed by atoms with Gasteiger partial charge in [0.05, 0.1) is 18.2 Å². The van der Waals surface area contributed by atoms with E-state index in [0.717, 1.165) is 16.7 Å². The molecule has 2 rings (SSSR count). The normalized spacial score (nSPS) is 11.8. The molecule has 0 aromatic heterocycles. The van der Waals surface area contributed by atoms with Gasteiger partial charge >= 0.3 is 0 Å². The van der Waals surface area contributed by atoms with Gasteiger partial charge < -0.3 is 5.11 Å². The lowest BCUT2D eigenvalue weighted by molar-refractivity contribution is 0.282. The predicted molar refractivity (Wildman–Crippen MR) is 79.1 cm³/mol. The van der Waals surface area contributed by atoms with Gasteiger partial charge in [0.25, 0.3) is 0 Å². The molecule has 0 fully saturated rings. The van der Waals surface area contributed by atoms with E-state index in [-0.39, 0.29) is 6.61 Å². The average Bonchev–Trinajstić information content (AvgIpc) is 2.49. The van der Waals surface area contributed by atoms with E-state index in [2.05, 4.69) is 6.07 Å². The van der Waals surface area contributed by atoms with Crippen LogP contribution in [0.3, 0.4) is 0 Å². The van der Waals surface area contributed by atoms with Crippen LogP contribution in [0, 0.1) is 11.3 Å². The zero-order valence-electron chi connectivity index (χ0n) is 11.0. The first-order chi connectivity index (χ1) is 9.71. The van der Waals surface area contributed by atoms with Crippen LogP contribution >= 0.6 is 0 Å². The summed E-state index contributed by atoms with van der Waals surface area (Å²) in [6, 6.07) is 16.7. The summed E-state index contributed by atoms with van der Waals surface area (Å²) in [5, 5.41) is 17.7. The molecule has 102 valence electrons. The third kappa shape index (κ3) is 4.02. The topological polar surface area (TPSA) is 61.1 Å². The van der Waals surface area contributed by atoms with Crippen LogP contribution < -0.4 is 0 Å². The van der Waals surface area contributed by atoms with Crippen molar-refractivity contribution in [2.75, 3.05) is 0 Å². The first-order valence-electron chi connectivity index (χ1n) is 6.24. The quantitative estimate of drug-likeness (QED) is 0.918. The highest BCUT2D eigenvalue weighted by Crippen LogP contribution is 2.11. The number of benzene rings is 2. The highest BCUT2D eigenvalue weighted by atomic mass is 32.2. The minimum absolute atomic E-state index is 0.0224. The van der Waals surface area contributed by atoms with Gasteiger partial charge in [0, 0.05) is 22.3 Å². The number of nitriles is 1. The molecule has 2 aromatic carbocycles. The van der Waals surface area contributed by atoms with E-state index in [4.69, 9.17) is 10.4 Å². The third-order valence-corrected chi connectivity index (χ3v) is 4.25. The predicted octanol–water partition coefficient (Wildman–Crippen LogP) is 2.50. The van der Waals surface area contributed by atoms with Crippen molar-refractivity contribution in [1.82, 2.24) is 0 Å². The molecule has 0 saturated carbocycles. The lowest BCUT2D eigenvalue weighted by Crippen LogP contribution is -1.99. The standard InChI is InChI=1S/C16H15NO2S/c17-9-13-1-5-15(6-2-13)11-20(19)12-16-7-3-14(10-18)4-8-16/h1-8,18H,10-12H2. The molecule has 0 heterocycles. The first-order valence-corrected chi connectivity index (χ1v) is 7.73. The third-order valence-electron chi connectivity index (χ3n) is 2.94. The highest BCUT2D eigenvalue weighted by molar-refractivity contribution is 7.83. The van der Waals surface area contributed by atoms with Crippen molar-refractivity contribution in [3.63, 3.8) is 0 Å². The molecule has 0 aliphatic rings. The monoisotopic (exact) mass is 285 g/mol. The van der Waals surface area contributed by atoms with Crippen LogP contribution in [0.2, 0.25) is 0 Å². The summed E-state index contributed by atoms with van der Waals surface area (Å²) in [6.07, 6.45) is 0. The molecule has 20 heavy (non-hydrogen) atoms. The summed E-state index contributed by atoms with van der Waals surface area (Å²) in [7, 11) is -0.985. The SMILES string of the molecule is N#Cc1ccc(CS(=O)Cc2ccc(CO)cc2)cc1.